The number of pyridine rings is 1. The fraction of sp³-hybridized carbons (Fsp3) is 0.348. The fourth-order valence-corrected chi connectivity index (χ4v) is 4.76. The highest BCUT2D eigenvalue weighted by molar-refractivity contribution is 7.91. The van der Waals surface area contributed by atoms with Gasteiger partial charge in [0.15, 0.2) is 21.3 Å². The summed E-state index contributed by atoms with van der Waals surface area (Å²) < 4.78 is 34.3. The van der Waals surface area contributed by atoms with Crippen LogP contribution >= 0.6 is 11.6 Å². The Morgan fingerprint density at radius 3 is 2.74 bits per heavy atom. The average Bonchev–Trinajstić information content (AvgIpc) is 3.28. The zero-order valence-electron chi connectivity index (χ0n) is 19.2. The van der Waals surface area contributed by atoms with Gasteiger partial charge in [-0.2, -0.15) is 5.10 Å². The molecule has 1 amide bonds. The van der Waals surface area contributed by atoms with Gasteiger partial charge in [0.05, 0.1) is 30.1 Å². The monoisotopic (exact) mass is 520 g/mol. The van der Waals surface area contributed by atoms with Gasteiger partial charge in [-0.3, -0.25) is 19.7 Å². The third kappa shape index (κ3) is 5.58. The maximum Gasteiger partial charge on any atom is 0.281 e. The van der Waals surface area contributed by atoms with Gasteiger partial charge >= 0.3 is 0 Å². The van der Waals surface area contributed by atoms with Crippen molar-refractivity contribution in [1.29, 1.82) is 0 Å². The van der Waals surface area contributed by atoms with Crippen LogP contribution in [0.2, 0.25) is 5.02 Å². The Morgan fingerprint density at radius 2 is 2.06 bits per heavy atom. The molecule has 0 fully saturated rings. The lowest BCUT2D eigenvalue weighted by molar-refractivity contribution is -0.115. The summed E-state index contributed by atoms with van der Waals surface area (Å²) in [5.74, 6) is -0.176. The molecule has 0 aliphatic carbocycles. The highest BCUT2D eigenvalue weighted by atomic mass is 35.5. The number of sulfone groups is 1. The lowest BCUT2D eigenvalue weighted by atomic mass is 10.1. The van der Waals surface area contributed by atoms with E-state index in [1.807, 2.05) is 12.1 Å². The van der Waals surface area contributed by atoms with Crippen LogP contribution in [0.1, 0.15) is 18.5 Å². The van der Waals surface area contributed by atoms with Crippen molar-refractivity contribution in [2.24, 2.45) is 5.10 Å². The van der Waals surface area contributed by atoms with Crippen LogP contribution in [0.3, 0.4) is 0 Å². The van der Waals surface area contributed by atoms with E-state index in [2.05, 4.69) is 10.1 Å². The van der Waals surface area contributed by atoms with Gasteiger partial charge < -0.3 is 14.6 Å². The maximum absolute atomic E-state index is 13.2. The number of aliphatic hydroxyl groups is 1. The number of carbonyl (C=O) groups is 1. The topological polar surface area (TPSA) is 122 Å². The van der Waals surface area contributed by atoms with Crippen molar-refractivity contribution >= 4 is 39.4 Å². The van der Waals surface area contributed by atoms with E-state index in [4.69, 9.17) is 21.1 Å². The number of rotatable bonds is 9. The number of benzene rings is 1. The molecule has 1 unspecified atom stereocenters. The van der Waals surface area contributed by atoms with Crippen LogP contribution < -0.4 is 14.4 Å². The lowest BCUT2D eigenvalue weighted by Gasteiger charge is -2.28. The molecule has 10 nitrogen and oxygen atoms in total. The molecule has 0 radical (unpaired) electrons. The number of fused-ring (bicyclic) bond motifs is 1. The first-order valence-electron chi connectivity index (χ1n) is 10.9. The van der Waals surface area contributed by atoms with Crippen LogP contribution in [0.25, 0.3) is 0 Å². The number of hydrogen-bond donors (Lipinski definition) is 1. The van der Waals surface area contributed by atoms with Crippen LogP contribution in [0.15, 0.2) is 53.4 Å². The van der Waals surface area contributed by atoms with Crippen molar-refractivity contribution in [3.05, 3.63) is 59.0 Å². The largest absolute Gasteiger partial charge is 0.493 e. The molecule has 1 N–H and O–H groups in total. The second-order valence-corrected chi connectivity index (χ2v) is 10.9. The van der Waals surface area contributed by atoms with Crippen molar-refractivity contribution in [1.82, 2.24) is 9.99 Å². The molecule has 4 rings (SSSR count). The van der Waals surface area contributed by atoms with Gasteiger partial charge in [0.2, 0.25) is 0 Å². The Bertz CT molecular complexity index is 1270. The van der Waals surface area contributed by atoms with Gasteiger partial charge in [0.1, 0.15) is 24.7 Å². The number of nitrogens with zero attached hydrogens (tertiary/aromatic N) is 4. The van der Waals surface area contributed by atoms with Crippen molar-refractivity contribution in [3.8, 4) is 11.5 Å². The summed E-state index contributed by atoms with van der Waals surface area (Å²) in [6.45, 7) is 1.79. The summed E-state index contributed by atoms with van der Waals surface area (Å²) >= 11 is 5.92. The van der Waals surface area contributed by atoms with E-state index in [-0.39, 0.29) is 29.9 Å². The Hall–Kier alpha value is -3.15. The van der Waals surface area contributed by atoms with Crippen LogP contribution in [-0.4, -0.2) is 73.6 Å². The molecule has 2 aromatic rings. The average molecular weight is 521 g/mol. The van der Waals surface area contributed by atoms with Gasteiger partial charge in [-0.05, 0) is 30.3 Å². The van der Waals surface area contributed by atoms with Gasteiger partial charge in [-0.25, -0.2) is 8.42 Å². The molecule has 2 atom stereocenters. The molecule has 0 bridgehead atoms. The molecule has 0 spiro atoms. The molecule has 1 aromatic carbocycles. The number of methoxy groups -OCH3 is 1. The van der Waals surface area contributed by atoms with Crippen molar-refractivity contribution in [2.75, 3.05) is 36.7 Å². The summed E-state index contributed by atoms with van der Waals surface area (Å²) in [7, 11) is -1.89. The van der Waals surface area contributed by atoms with Crippen LogP contribution in [0, 0.1) is 0 Å². The van der Waals surface area contributed by atoms with Gasteiger partial charge in [-0.1, -0.05) is 18.5 Å². The highest BCUT2D eigenvalue weighted by Gasteiger charge is 2.35. The quantitative estimate of drug-likeness (QED) is 0.534. The van der Waals surface area contributed by atoms with Gasteiger partial charge in [-0.15, -0.1) is 0 Å². The molecule has 0 saturated carbocycles. The molecule has 2 aliphatic heterocycles. The van der Waals surface area contributed by atoms with E-state index in [0.29, 0.717) is 34.5 Å². The molecular weight excluding hydrogens is 496 g/mol. The molecule has 12 heteroatoms. The number of aliphatic hydroxyl groups excluding tert-OH is 1. The number of aromatic nitrogens is 1. The molecule has 3 heterocycles. The van der Waals surface area contributed by atoms with Crippen molar-refractivity contribution in [2.45, 2.75) is 18.9 Å². The van der Waals surface area contributed by atoms with Crippen LogP contribution in [-0.2, 0) is 14.6 Å². The summed E-state index contributed by atoms with van der Waals surface area (Å²) in [5, 5.41) is 16.6. The predicted molar refractivity (Wildman–Crippen MR) is 132 cm³/mol. The normalized spacial score (nSPS) is 18.3. The third-order valence-electron chi connectivity index (χ3n) is 5.62. The molecule has 35 heavy (non-hydrogen) atoms. The van der Waals surface area contributed by atoms with Crippen molar-refractivity contribution < 1.29 is 27.8 Å². The predicted octanol–water partition coefficient (Wildman–Crippen LogP) is 2.19. The van der Waals surface area contributed by atoms with E-state index in [0.717, 1.165) is 5.69 Å². The molecule has 186 valence electrons. The fourth-order valence-electron chi connectivity index (χ4n) is 3.73. The minimum absolute atomic E-state index is 0.0572. The van der Waals surface area contributed by atoms with E-state index < -0.39 is 15.9 Å². The second-order valence-electron chi connectivity index (χ2n) is 8.05. The molecule has 0 saturated heterocycles. The number of ether oxygens (including phenoxy) is 2. The number of amides is 1. The first-order valence-corrected chi connectivity index (χ1v) is 13.1. The van der Waals surface area contributed by atoms with E-state index in [1.165, 1.54) is 25.3 Å². The standard InChI is InChI=1S/C23H25ClN4O6S/c1-3-35(31,32)13-18(29)12-34-21-7-5-17(9-22(21)33-2)27-14-26-28-11-15(8-20(28)23(27)30)19-6-4-16(24)10-25-19/h4-10,14-15,18,29H,3,11-13H2,1-2H3/t15?,18-/m0/s1. The van der Waals surface area contributed by atoms with Crippen LogP contribution in [0.4, 0.5) is 5.69 Å². The number of hydrogen-bond acceptors (Lipinski definition) is 9. The molecule has 1 aromatic heterocycles. The third-order valence-corrected chi connectivity index (χ3v) is 7.62. The summed E-state index contributed by atoms with van der Waals surface area (Å²) in [6.07, 6.45) is 3.67. The highest BCUT2D eigenvalue weighted by Crippen LogP contribution is 2.35. The molecule has 2 aliphatic rings. The number of anilines is 1. The minimum Gasteiger partial charge on any atom is -0.493 e. The van der Waals surface area contributed by atoms with Gasteiger partial charge in [0.25, 0.3) is 5.91 Å². The van der Waals surface area contributed by atoms with E-state index >= 15 is 0 Å². The molecular formula is C23H25ClN4O6S. The SMILES string of the molecule is CCS(=O)(=O)C[C@@H](O)COc1ccc(N2C=NN3CC(c4ccc(Cl)cn4)C=C3C2=O)cc1OC. The minimum atomic E-state index is -3.34. The number of carbonyl (C=O) groups excluding carboxylic acids is 1. The van der Waals surface area contributed by atoms with Crippen LogP contribution in [0.5, 0.6) is 11.5 Å². The number of hydrazone groups is 1. The van der Waals surface area contributed by atoms with E-state index in [9.17, 15) is 18.3 Å². The van der Waals surface area contributed by atoms with Gasteiger partial charge in [0, 0.05) is 29.6 Å². The zero-order valence-corrected chi connectivity index (χ0v) is 20.7. The smallest absolute Gasteiger partial charge is 0.281 e. The lowest BCUT2D eigenvalue weighted by Crippen LogP contribution is -2.39. The van der Waals surface area contributed by atoms with Crippen molar-refractivity contribution in [3.63, 3.8) is 0 Å². The Kier molecular flexibility index (Phi) is 7.29. The van der Waals surface area contributed by atoms with E-state index in [1.54, 1.807) is 35.5 Å². The first-order chi connectivity index (χ1) is 16.7. The Balaban J connectivity index is 1.48. The Morgan fingerprint density at radius 1 is 1.26 bits per heavy atom. The zero-order chi connectivity index (χ0) is 25.2. The summed E-state index contributed by atoms with van der Waals surface area (Å²) in [6, 6.07) is 8.44. The second kappa shape index (κ2) is 10.2. The first kappa shape index (κ1) is 25.0. The summed E-state index contributed by atoms with van der Waals surface area (Å²) in [5.41, 5.74) is 1.74. The maximum atomic E-state index is 13.2. The summed E-state index contributed by atoms with van der Waals surface area (Å²) in [4.78, 5) is 19.0. The Labute approximate surface area is 208 Å². The number of halogens is 1.